The maximum Gasteiger partial charge on any atom is 0.324 e. The molecule has 5 nitrogen and oxygen atoms in total. The van der Waals surface area contributed by atoms with Gasteiger partial charge in [-0.3, -0.25) is 14.9 Å². The number of rotatable bonds is 5. The largest absolute Gasteiger partial charge is 0.466 e. The van der Waals surface area contributed by atoms with Gasteiger partial charge in [0.05, 0.1) is 24.5 Å². The molecule has 6 heteroatoms. The highest BCUT2D eigenvalue weighted by atomic mass is 32.2. The van der Waals surface area contributed by atoms with Crippen molar-refractivity contribution >= 4 is 23.7 Å². The average Bonchev–Trinajstić information content (AvgIpc) is 2.61. The summed E-state index contributed by atoms with van der Waals surface area (Å²) in [6, 6.07) is -0.334. The molecular formula is C11H19NO4S. The van der Waals surface area contributed by atoms with Gasteiger partial charge < -0.3 is 9.47 Å². The standard InChI is InChI=1S/C11H19NO4S/c1-4-15-9(13)6-11(3)12-8(7-17-11)10(14)16-5-2/h8,12H,4-7H2,1-3H3/t8-,11?/m0/s1. The van der Waals surface area contributed by atoms with Gasteiger partial charge in [-0.25, -0.2) is 0 Å². The number of hydrogen-bond donors (Lipinski definition) is 1. The van der Waals surface area contributed by atoms with Crippen molar-refractivity contribution in [3.8, 4) is 0 Å². The van der Waals surface area contributed by atoms with E-state index in [9.17, 15) is 9.59 Å². The van der Waals surface area contributed by atoms with Crippen LogP contribution in [0.3, 0.4) is 0 Å². The Balaban J connectivity index is 2.47. The minimum Gasteiger partial charge on any atom is -0.466 e. The summed E-state index contributed by atoms with van der Waals surface area (Å²) in [5.74, 6) is 0.112. The SMILES string of the molecule is CCOC(=O)CC1(C)N[C@H](C(=O)OCC)CS1. The van der Waals surface area contributed by atoms with Crippen LogP contribution in [0.15, 0.2) is 0 Å². The van der Waals surface area contributed by atoms with Crippen LogP contribution in [0.2, 0.25) is 0 Å². The van der Waals surface area contributed by atoms with Crippen molar-refractivity contribution in [2.24, 2.45) is 0 Å². The van der Waals surface area contributed by atoms with Crippen LogP contribution in [-0.4, -0.2) is 41.8 Å². The second-order valence-electron chi connectivity index (χ2n) is 3.97. The molecule has 17 heavy (non-hydrogen) atoms. The fourth-order valence-electron chi connectivity index (χ4n) is 1.68. The van der Waals surface area contributed by atoms with Crippen molar-refractivity contribution in [3.05, 3.63) is 0 Å². The molecule has 1 fully saturated rings. The van der Waals surface area contributed by atoms with Gasteiger partial charge in [-0.2, -0.15) is 0 Å². The molecule has 0 aliphatic carbocycles. The Morgan fingerprint density at radius 3 is 2.59 bits per heavy atom. The topological polar surface area (TPSA) is 64.6 Å². The van der Waals surface area contributed by atoms with Crippen LogP contribution in [0, 0.1) is 0 Å². The van der Waals surface area contributed by atoms with E-state index in [1.165, 1.54) is 0 Å². The first-order valence-corrected chi connectivity index (χ1v) is 6.73. The van der Waals surface area contributed by atoms with Gasteiger partial charge in [0.2, 0.25) is 0 Å². The Morgan fingerprint density at radius 1 is 1.35 bits per heavy atom. The number of carbonyl (C=O) groups is 2. The van der Waals surface area contributed by atoms with Crippen LogP contribution in [0.25, 0.3) is 0 Å². The average molecular weight is 261 g/mol. The molecule has 1 saturated heterocycles. The Labute approximate surface area is 106 Å². The van der Waals surface area contributed by atoms with Gasteiger partial charge in [0.25, 0.3) is 0 Å². The van der Waals surface area contributed by atoms with Gasteiger partial charge in [-0.1, -0.05) is 0 Å². The van der Waals surface area contributed by atoms with E-state index in [1.807, 2.05) is 6.92 Å². The second-order valence-corrected chi connectivity index (χ2v) is 5.50. The lowest BCUT2D eigenvalue weighted by atomic mass is 10.2. The predicted molar refractivity (Wildman–Crippen MR) is 65.7 cm³/mol. The van der Waals surface area contributed by atoms with Crippen molar-refractivity contribution in [2.75, 3.05) is 19.0 Å². The Morgan fingerprint density at radius 2 is 2.00 bits per heavy atom. The molecule has 0 saturated carbocycles. The Kier molecular flexibility index (Phi) is 5.27. The monoisotopic (exact) mass is 261 g/mol. The fraction of sp³-hybridized carbons (Fsp3) is 0.818. The fourth-order valence-corrected chi connectivity index (χ4v) is 2.88. The first-order valence-electron chi connectivity index (χ1n) is 5.74. The quantitative estimate of drug-likeness (QED) is 0.743. The number of nitrogens with one attached hydrogen (secondary N) is 1. The molecule has 1 N–H and O–H groups in total. The molecule has 0 bridgehead atoms. The molecule has 98 valence electrons. The molecule has 1 unspecified atom stereocenters. The van der Waals surface area contributed by atoms with E-state index >= 15 is 0 Å². The lowest BCUT2D eigenvalue weighted by molar-refractivity contribution is -0.147. The van der Waals surface area contributed by atoms with Crippen LogP contribution in [0.1, 0.15) is 27.2 Å². The number of hydrogen-bond acceptors (Lipinski definition) is 6. The van der Waals surface area contributed by atoms with Crippen LogP contribution >= 0.6 is 11.8 Å². The predicted octanol–water partition coefficient (Wildman–Crippen LogP) is 0.924. The van der Waals surface area contributed by atoms with E-state index in [0.717, 1.165) is 0 Å². The molecule has 0 amide bonds. The summed E-state index contributed by atoms with van der Waals surface area (Å²) in [6.07, 6.45) is 0.251. The van der Waals surface area contributed by atoms with Crippen molar-refractivity contribution in [1.82, 2.24) is 5.32 Å². The van der Waals surface area contributed by atoms with Crippen LogP contribution in [-0.2, 0) is 19.1 Å². The van der Waals surface area contributed by atoms with E-state index in [1.54, 1.807) is 25.6 Å². The molecular weight excluding hydrogens is 242 g/mol. The number of esters is 2. The summed E-state index contributed by atoms with van der Waals surface area (Å²) >= 11 is 1.55. The van der Waals surface area contributed by atoms with Gasteiger partial charge in [0, 0.05) is 5.75 Å². The zero-order valence-corrected chi connectivity index (χ0v) is 11.3. The second kappa shape index (κ2) is 6.26. The lowest BCUT2D eigenvalue weighted by Gasteiger charge is -2.23. The molecule has 0 radical (unpaired) electrons. The van der Waals surface area contributed by atoms with Crippen molar-refractivity contribution in [3.63, 3.8) is 0 Å². The molecule has 0 spiro atoms. The Bertz CT molecular complexity index is 297. The highest BCUT2D eigenvalue weighted by molar-refractivity contribution is 8.00. The van der Waals surface area contributed by atoms with Gasteiger partial charge in [-0.15, -0.1) is 11.8 Å². The molecule has 2 atom stereocenters. The van der Waals surface area contributed by atoms with Crippen LogP contribution in [0.5, 0.6) is 0 Å². The summed E-state index contributed by atoms with van der Waals surface area (Å²) in [5, 5.41) is 3.13. The third-order valence-corrected chi connectivity index (χ3v) is 3.81. The molecule has 0 aromatic carbocycles. The summed E-state index contributed by atoms with van der Waals surface area (Å²) in [6.45, 7) is 6.19. The Hall–Kier alpha value is -0.750. The van der Waals surface area contributed by atoms with Crippen LogP contribution < -0.4 is 5.32 Å². The maximum absolute atomic E-state index is 11.5. The molecule has 1 aliphatic heterocycles. The lowest BCUT2D eigenvalue weighted by Crippen LogP contribution is -2.45. The van der Waals surface area contributed by atoms with Crippen molar-refractivity contribution in [1.29, 1.82) is 0 Å². The smallest absolute Gasteiger partial charge is 0.324 e. The summed E-state index contributed by atoms with van der Waals surface area (Å²) in [7, 11) is 0. The highest BCUT2D eigenvalue weighted by Gasteiger charge is 2.40. The molecule has 1 rings (SSSR count). The van der Waals surface area contributed by atoms with Gasteiger partial charge >= 0.3 is 11.9 Å². The van der Waals surface area contributed by atoms with Gasteiger partial charge in [0.15, 0.2) is 0 Å². The molecule has 1 aliphatic rings. The molecule has 0 aromatic heterocycles. The first kappa shape index (κ1) is 14.3. The summed E-state index contributed by atoms with van der Waals surface area (Å²) < 4.78 is 9.84. The van der Waals surface area contributed by atoms with Gasteiger partial charge in [-0.05, 0) is 20.8 Å². The van der Waals surface area contributed by atoms with Crippen LogP contribution in [0.4, 0.5) is 0 Å². The highest BCUT2D eigenvalue weighted by Crippen LogP contribution is 2.33. The first-order chi connectivity index (χ1) is 8.00. The zero-order chi connectivity index (χ0) is 12.9. The summed E-state index contributed by atoms with van der Waals surface area (Å²) in [4.78, 5) is 22.5. The van der Waals surface area contributed by atoms with E-state index < -0.39 is 4.87 Å². The van der Waals surface area contributed by atoms with Crippen molar-refractivity contribution in [2.45, 2.75) is 38.1 Å². The van der Waals surface area contributed by atoms with Crippen molar-refractivity contribution < 1.29 is 19.1 Å². The molecule has 1 heterocycles. The number of thioether (sulfide) groups is 1. The normalized spacial score (nSPS) is 27.8. The zero-order valence-electron chi connectivity index (χ0n) is 10.4. The maximum atomic E-state index is 11.5. The summed E-state index contributed by atoms with van der Waals surface area (Å²) in [5.41, 5.74) is 0. The third-order valence-electron chi connectivity index (χ3n) is 2.41. The van der Waals surface area contributed by atoms with E-state index in [-0.39, 0.29) is 24.4 Å². The van der Waals surface area contributed by atoms with Gasteiger partial charge in [0.1, 0.15) is 6.04 Å². The third kappa shape index (κ3) is 4.20. The number of carbonyl (C=O) groups excluding carboxylic acids is 2. The minimum atomic E-state index is -0.441. The van der Waals surface area contributed by atoms with E-state index in [2.05, 4.69) is 5.32 Å². The molecule has 0 aromatic rings. The number of ether oxygens (including phenoxy) is 2. The van der Waals surface area contributed by atoms with E-state index in [0.29, 0.717) is 19.0 Å². The van der Waals surface area contributed by atoms with E-state index in [4.69, 9.17) is 9.47 Å². The minimum absolute atomic E-state index is 0.250.